The molecule has 0 fully saturated rings. The summed E-state index contributed by atoms with van der Waals surface area (Å²) in [6, 6.07) is 2.86. The number of nitrogens with one attached hydrogen (secondary N) is 1. The number of aliphatic carboxylic acids is 1. The highest BCUT2D eigenvalue weighted by atomic mass is 19.4. The number of ether oxygens (including phenoxy) is 1. The van der Waals surface area contributed by atoms with Crippen LogP contribution in [0.2, 0.25) is 0 Å². The van der Waals surface area contributed by atoms with Gasteiger partial charge in [0.1, 0.15) is 6.04 Å². The number of rotatable bonds is 8. The van der Waals surface area contributed by atoms with Gasteiger partial charge in [-0.2, -0.15) is 13.2 Å². The van der Waals surface area contributed by atoms with E-state index in [0.717, 1.165) is 12.1 Å². The first-order valence-corrected chi connectivity index (χ1v) is 7.88. The van der Waals surface area contributed by atoms with Gasteiger partial charge >= 0.3 is 18.1 Å². The summed E-state index contributed by atoms with van der Waals surface area (Å²) < 4.78 is 42.8. The molecule has 0 radical (unpaired) electrons. The van der Waals surface area contributed by atoms with E-state index in [2.05, 4.69) is 5.32 Å². The Morgan fingerprint density at radius 2 is 1.92 bits per heavy atom. The molecule has 0 bridgehead atoms. The van der Waals surface area contributed by atoms with Gasteiger partial charge < -0.3 is 15.2 Å². The van der Waals surface area contributed by atoms with Gasteiger partial charge in [-0.1, -0.05) is 25.1 Å². The fourth-order valence-electron chi connectivity index (χ4n) is 2.32. The number of benzene rings is 1. The van der Waals surface area contributed by atoms with Crippen molar-refractivity contribution in [2.24, 2.45) is 5.92 Å². The number of hydrogen-bond donors (Lipinski definition) is 2. The topological polar surface area (TPSA) is 92.7 Å². The van der Waals surface area contributed by atoms with E-state index in [1.807, 2.05) is 0 Å². The third-order valence-electron chi connectivity index (χ3n) is 3.56. The second-order valence-corrected chi connectivity index (χ2v) is 5.74. The number of halogens is 3. The normalized spacial score (nSPS) is 13.6. The zero-order chi connectivity index (χ0) is 19.9. The number of carbonyl (C=O) groups excluding carboxylic acids is 2. The van der Waals surface area contributed by atoms with Gasteiger partial charge in [0.25, 0.3) is 0 Å². The third-order valence-corrected chi connectivity index (χ3v) is 3.56. The van der Waals surface area contributed by atoms with Crippen molar-refractivity contribution < 1.29 is 37.4 Å². The minimum absolute atomic E-state index is 0.0968. The van der Waals surface area contributed by atoms with Crippen LogP contribution in [-0.4, -0.2) is 35.6 Å². The highest BCUT2D eigenvalue weighted by molar-refractivity contribution is 5.85. The van der Waals surface area contributed by atoms with Gasteiger partial charge in [-0.3, -0.25) is 9.59 Å². The first-order chi connectivity index (χ1) is 12.0. The highest BCUT2D eigenvalue weighted by Crippen LogP contribution is 2.29. The van der Waals surface area contributed by atoms with Crippen molar-refractivity contribution in [1.29, 1.82) is 0 Å². The van der Waals surface area contributed by atoms with Crippen LogP contribution in [0.1, 0.15) is 31.4 Å². The molecule has 9 heteroatoms. The fourth-order valence-corrected chi connectivity index (χ4v) is 2.32. The molecule has 2 atom stereocenters. The summed E-state index contributed by atoms with van der Waals surface area (Å²) in [5.41, 5.74) is -0.798. The summed E-state index contributed by atoms with van der Waals surface area (Å²) in [7, 11) is 0. The molecule has 1 aromatic carbocycles. The van der Waals surface area contributed by atoms with E-state index in [1.165, 1.54) is 19.1 Å². The lowest BCUT2D eigenvalue weighted by molar-refractivity contribution is -0.147. The van der Waals surface area contributed by atoms with Crippen LogP contribution in [0.15, 0.2) is 24.3 Å². The van der Waals surface area contributed by atoms with Gasteiger partial charge in [0.2, 0.25) is 5.91 Å². The van der Waals surface area contributed by atoms with Gasteiger partial charge in [-0.15, -0.1) is 0 Å². The molecule has 144 valence electrons. The second-order valence-electron chi connectivity index (χ2n) is 5.74. The van der Waals surface area contributed by atoms with Crippen LogP contribution < -0.4 is 5.32 Å². The van der Waals surface area contributed by atoms with E-state index in [-0.39, 0.29) is 18.6 Å². The first-order valence-electron chi connectivity index (χ1n) is 7.88. The molecule has 0 saturated heterocycles. The summed E-state index contributed by atoms with van der Waals surface area (Å²) in [4.78, 5) is 34.8. The lowest BCUT2D eigenvalue weighted by Gasteiger charge is -2.21. The Kier molecular flexibility index (Phi) is 7.60. The van der Waals surface area contributed by atoms with Crippen molar-refractivity contribution in [3.63, 3.8) is 0 Å². The molecule has 2 N–H and O–H groups in total. The van der Waals surface area contributed by atoms with Crippen molar-refractivity contribution in [3.8, 4) is 0 Å². The average molecular weight is 375 g/mol. The molecule has 6 nitrogen and oxygen atoms in total. The van der Waals surface area contributed by atoms with Crippen LogP contribution >= 0.6 is 0 Å². The van der Waals surface area contributed by atoms with Crippen LogP contribution in [0.5, 0.6) is 0 Å². The second kappa shape index (κ2) is 9.21. The maximum atomic E-state index is 12.7. The van der Waals surface area contributed by atoms with Gasteiger partial charge in [-0.25, -0.2) is 4.79 Å². The molecule has 1 amide bonds. The molecule has 0 aromatic heterocycles. The van der Waals surface area contributed by atoms with Gasteiger partial charge in [-0.05, 0) is 24.5 Å². The molecule has 1 aromatic rings. The number of carbonyl (C=O) groups is 3. The minimum atomic E-state index is -4.54. The molecule has 0 aliphatic rings. The molecule has 0 saturated carbocycles. The van der Waals surface area contributed by atoms with E-state index in [1.54, 1.807) is 6.92 Å². The summed E-state index contributed by atoms with van der Waals surface area (Å²) in [5.74, 6) is -3.46. The zero-order valence-corrected chi connectivity index (χ0v) is 14.3. The number of carboxylic acid groups (broad SMARTS) is 1. The molecule has 0 unspecified atom stereocenters. The van der Waals surface area contributed by atoms with E-state index >= 15 is 0 Å². The molecule has 26 heavy (non-hydrogen) atoms. The minimum Gasteiger partial charge on any atom is -0.480 e. The van der Waals surface area contributed by atoms with Crippen LogP contribution in [-0.2, 0) is 31.7 Å². The number of alkyl halides is 3. The Bertz CT molecular complexity index is 660. The Labute approximate surface area is 148 Å². The average Bonchev–Trinajstić information content (AvgIpc) is 2.51. The Morgan fingerprint density at radius 1 is 1.27 bits per heavy atom. The molecular formula is C17H20F3NO5. The quantitative estimate of drug-likeness (QED) is 0.681. The Hall–Kier alpha value is -2.58. The summed E-state index contributed by atoms with van der Waals surface area (Å²) in [6.45, 7) is 3.21. The molecule has 0 spiro atoms. The van der Waals surface area contributed by atoms with E-state index < -0.39 is 48.0 Å². The lowest BCUT2D eigenvalue weighted by atomic mass is 9.97. The predicted octanol–water partition coefficient (Wildman–Crippen LogP) is 2.41. The van der Waals surface area contributed by atoms with E-state index in [9.17, 15) is 32.7 Å². The third kappa shape index (κ3) is 6.73. The number of esters is 1. The standard InChI is InChI=1S/C17H20F3NO5/c1-3-26-14(23)7-10(2)15(16(24)25)21-13(22)9-11-5-4-6-12(8-11)17(18,19)20/h4-6,8,10,15H,3,7,9H2,1-2H3,(H,21,22)(H,24,25)/t10-,15-/m1/s1. The molecule has 0 aliphatic heterocycles. The first kappa shape index (κ1) is 21.5. The lowest BCUT2D eigenvalue weighted by Crippen LogP contribution is -2.46. The van der Waals surface area contributed by atoms with E-state index in [4.69, 9.17) is 4.74 Å². The maximum Gasteiger partial charge on any atom is 0.416 e. The Balaban J connectivity index is 2.76. The van der Waals surface area contributed by atoms with Crippen LogP contribution in [0.3, 0.4) is 0 Å². The van der Waals surface area contributed by atoms with Crippen molar-refractivity contribution >= 4 is 17.8 Å². The molecule has 1 rings (SSSR count). The fraction of sp³-hybridized carbons (Fsp3) is 0.471. The van der Waals surface area contributed by atoms with Gasteiger partial charge in [0.15, 0.2) is 0 Å². The zero-order valence-electron chi connectivity index (χ0n) is 14.3. The monoisotopic (exact) mass is 375 g/mol. The molecular weight excluding hydrogens is 355 g/mol. The van der Waals surface area contributed by atoms with Crippen molar-refractivity contribution in [2.45, 2.75) is 38.9 Å². The molecule has 0 aliphatic carbocycles. The van der Waals surface area contributed by atoms with Crippen molar-refractivity contribution in [1.82, 2.24) is 5.32 Å². The van der Waals surface area contributed by atoms with Crippen molar-refractivity contribution in [3.05, 3.63) is 35.4 Å². The Morgan fingerprint density at radius 3 is 2.46 bits per heavy atom. The SMILES string of the molecule is CCOC(=O)C[C@@H](C)[C@@H](NC(=O)Cc1cccc(C(F)(F)F)c1)C(=O)O. The summed E-state index contributed by atoms with van der Waals surface area (Å²) >= 11 is 0. The number of amides is 1. The maximum absolute atomic E-state index is 12.7. The number of hydrogen-bond acceptors (Lipinski definition) is 4. The van der Waals surface area contributed by atoms with Crippen molar-refractivity contribution in [2.75, 3.05) is 6.61 Å². The van der Waals surface area contributed by atoms with Gasteiger partial charge in [0, 0.05) is 0 Å². The summed E-state index contributed by atoms with van der Waals surface area (Å²) in [6.07, 6.45) is -5.17. The largest absolute Gasteiger partial charge is 0.480 e. The summed E-state index contributed by atoms with van der Waals surface area (Å²) in [5, 5.41) is 11.5. The predicted molar refractivity (Wildman–Crippen MR) is 85.1 cm³/mol. The molecule has 0 heterocycles. The number of carboxylic acids is 1. The highest BCUT2D eigenvalue weighted by Gasteiger charge is 2.31. The van der Waals surface area contributed by atoms with E-state index in [0.29, 0.717) is 0 Å². The van der Waals surface area contributed by atoms with Crippen LogP contribution in [0.25, 0.3) is 0 Å². The van der Waals surface area contributed by atoms with Crippen LogP contribution in [0.4, 0.5) is 13.2 Å². The van der Waals surface area contributed by atoms with Gasteiger partial charge in [0.05, 0.1) is 25.0 Å². The smallest absolute Gasteiger partial charge is 0.416 e. The van der Waals surface area contributed by atoms with Crippen LogP contribution in [0, 0.1) is 5.92 Å².